The fraction of sp³-hybridized carbons (Fsp3) is 0.409. The molecule has 2 unspecified atom stereocenters. The average Bonchev–Trinajstić information content (AvgIpc) is 3.39. The zero-order chi connectivity index (χ0) is 20.1. The summed E-state index contributed by atoms with van der Waals surface area (Å²) < 4.78 is 10.7. The summed E-state index contributed by atoms with van der Waals surface area (Å²) in [5.74, 6) is 0.798. The Morgan fingerprint density at radius 3 is 2.97 bits per heavy atom. The van der Waals surface area contributed by atoms with Crippen molar-refractivity contribution in [3.05, 3.63) is 65.0 Å². The molecule has 152 valence electrons. The van der Waals surface area contributed by atoms with Crippen LogP contribution >= 0.6 is 0 Å². The van der Waals surface area contributed by atoms with Crippen LogP contribution in [0.4, 0.5) is 0 Å². The Morgan fingerprint density at radius 1 is 1.34 bits per heavy atom. The third-order valence-electron chi connectivity index (χ3n) is 5.19. The largest absolute Gasteiger partial charge is 0.382 e. The maximum atomic E-state index is 12.6. The van der Waals surface area contributed by atoms with Crippen LogP contribution in [0.3, 0.4) is 0 Å². The van der Waals surface area contributed by atoms with Crippen molar-refractivity contribution in [2.24, 2.45) is 4.99 Å². The van der Waals surface area contributed by atoms with E-state index in [4.69, 9.17) is 9.47 Å². The summed E-state index contributed by atoms with van der Waals surface area (Å²) in [6.45, 7) is 2.53. The quantitative estimate of drug-likeness (QED) is 0.748. The second-order valence-electron chi connectivity index (χ2n) is 7.37. The smallest absolute Gasteiger partial charge is 0.226 e. The molecular weight excluding hydrogens is 368 g/mol. The number of nitrogens with zero attached hydrogens (tertiary/aromatic N) is 2. The van der Waals surface area contributed by atoms with Gasteiger partial charge >= 0.3 is 0 Å². The van der Waals surface area contributed by atoms with Crippen molar-refractivity contribution in [3.63, 3.8) is 0 Å². The number of carbonyl (C=O) groups excluding carboxylic acids is 1. The normalized spacial score (nSPS) is 18.8. The Bertz CT molecular complexity index is 879. The summed E-state index contributed by atoms with van der Waals surface area (Å²) in [6, 6.07) is 11.9. The van der Waals surface area contributed by atoms with Crippen molar-refractivity contribution >= 4 is 11.7 Å². The Kier molecular flexibility index (Phi) is 6.17. The number of amides is 1. The van der Waals surface area contributed by atoms with Gasteiger partial charge in [0.15, 0.2) is 0 Å². The lowest BCUT2D eigenvalue weighted by molar-refractivity contribution is -0.121. The molecule has 2 N–H and O–H groups in total. The van der Waals surface area contributed by atoms with E-state index in [9.17, 15) is 4.79 Å². The zero-order valence-corrected chi connectivity index (χ0v) is 16.6. The van der Waals surface area contributed by atoms with Crippen LogP contribution in [0.2, 0.25) is 0 Å². The number of hydrogen-bond donors (Lipinski definition) is 2. The summed E-state index contributed by atoms with van der Waals surface area (Å²) in [5, 5.41) is 6.49. The number of hydrogen-bond acceptors (Lipinski definition) is 6. The molecule has 0 spiro atoms. The summed E-state index contributed by atoms with van der Waals surface area (Å²) in [5.41, 5.74) is 3.87. The number of carbonyl (C=O) groups is 1. The Balaban J connectivity index is 1.38. The first-order valence-electron chi connectivity index (χ1n) is 9.93. The fourth-order valence-electron chi connectivity index (χ4n) is 3.68. The van der Waals surface area contributed by atoms with E-state index >= 15 is 0 Å². The first-order chi connectivity index (χ1) is 14.2. The van der Waals surface area contributed by atoms with Crippen LogP contribution in [-0.4, -0.2) is 49.7 Å². The number of methoxy groups -OCH3 is 1. The first kappa shape index (κ1) is 19.5. The standard InChI is InChI=1S/C22H26N4O3/c1-28-14-20(15-5-3-2-4-6-15)26-21(27)10-18-9-16-11-24-22(19(16)12-23-18)25-17-7-8-29-13-17/h2-6,9,12,17,20H,7-8,10-11,13-14H2,1H3,(H,24,25)(H,26,27). The van der Waals surface area contributed by atoms with E-state index in [1.807, 2.05) is 42.6 Å². The number of aliphatic imine (C=N–C) groups is 1. The molecule has 2 aliphatic heterocycles. The predicted octanol–water partition coefficient (Wildman–Crippen LogP) is 1.77. The molecule has 0 aliphatic carbocycles. The topological polar surface area (TPSA) is 84.8 Å². The highest BCUT2D eigenvalue weighted by Crippen LogP contribution is 2.20. The van der Waals surface area contributed by atoms with Crippen LogP contribution in [-0.2, 0) is 27.2 Å². The molecule has 3 heterocycles. The molecule has 0 bridgehead atoms. The molecule has 1 aromatic carbocycles. The monoisotopic (exact) mass is 394 g/mol. The molecule has 0 radical (unpaired) electrons. The van der Waals surface area contributed by atoms with Crippen LogP contribution in [0.1, 0.15) is 34.8 Å². The Morgan fingerprint density at radius 2 is 2.21 bits per heavy atom. The second kappa shape index (κ2) is 9.15. The molecule has 4 rings (SSSR count). The third kappa shape index (κ3) is 4.81. The molecule has 2 aliphatic rings. The summed E-state index contributed by atoms with van der Waals surface area (Å²) >= 11 is 0. The van der Waals surface area contributed by atoms with E-state index in [1.54, 1.807) is 7.11 Å². The predicted molar refractivity (Wildman–Crippen MR) is 110 cm³/mol. The lowest BCUT2D eigenvalue weighted by atomic mass is 10.1. The fourth-order valence-corrected chi connectivity index (χ4v) is 3.68. The van der Waals surface area contributed by atoms with Gasteiger partial charge in [-0.25, -0.2) is 0 Å². The lowest BCUT2D eigenvalue weighted by Crippen LogP contribution is -2.35. The molecule has 2 atom stereocenters. The molecule has 7 nitrogen and oxygen atoms in total. The molecule has 1 fully saturated rings. The van der Waals surface area contributed by atoms with Gasteiger partial charge in [0.05, 0.1) is 44.0 Å². The van der Waals surface area contributed by atoms with Crippen molar-refractivity contribution in [2.45, 2.75) is 31.5 Å². The highest BCUT2D eigenvalue weighted by atomic mass is 16.5. The van der Waals surface area contributed by atoms with Gasteiger partial charge in [0.25, 0.3) is 0 Å². The maximum absolute atomic E-state index is 12.6. The van der Waals surface area contributed by atoms with Gasteiger partial charge in [-0.2, -0.15) is 0 Å². The summed E-state index contributed by atoms with van der Waals surface area (Å²) in [4.78, 5) is 21.7. The van der Waals surface area contributed by atoms with Gasteiger partial charge in [-0.15, -0.1) is 0 Å². The van der Waals surface area contributed by atoms with E-state index < -0.39 is 0 Å². The van der Waals surface area contributed by atoms with Crippen molar-refractivity contribution in [3.8, 4) is 0 Å². The van der Waals surface area contributed by atoms with Crippen molar-refractivity contribution in [2.75, 3.05) is 26.9 Å². The minimum atomic E-state index is -0.184. The maximum Gasteiger partial charge on any atom is 0.226 e. The highest BCUT2D eigenvalue weighted by molar-refractivity contribution is 6.02. The number of fused-ring (bicyclic) bond motifs is 1. The number of pyridine rings is 1. The number of aromatic nitrogens is 1. The van der Waals surface area contributed by atoms with Gasteiger partial charge < -0.3 is 20.1 Å². The summed E-state index contributed by atoms with van der Waals surface area (Å²) in [7, 11) is 1.63. The molecule has 7 heteroatoms. The molecule has 29 heavy (non-hydrogen) atoms. The van der Waals surface area contributed by atoms with Gasteiger partial charge in [-0.1, -0.05) is 30.3 Å². The molecule has 2 aromatic rings. The minimum absolute atomic E-state index is 0.0799. The summed E-state index contributed by atoms with van der Waals surface area (Å²) in [6.07, 6.45) is 3.03. The van der Waals surface area contributed by atoms with Crippen molar-refractivity contribution in [1.29, 1.82) is 0 Å². The third-order valence-corrected chi connectivity index (χ3v) is 5.19. The van der Waals surface area contributed by atoms with Crippen LogP contribution in [0.5, 0.6) is 0 Å². The first-order valence-corrected chi connectivity index (χ1v) is 9.93. The molecule has 1 aromatic heterocycles. The SMILES string of the molecule is COCC(NC(=O)Cc1cc2c(cn1)C(NC1CCOC1)=NC2)c1ccccc1. The number of nitrogens with one attached hydrogen (secondary N) is 2. The molecule has 1 amide bonds. The number of ether oxygens (including phenoxy) is 2. The van der Waals surface area contributed by atoms with E-state index in [0.717, 1.165) is 41.2 Å². The highest BCUT2D eigenvalue weighted by Gasteiger charge is 2.23. The van der Waals surface area contributed by atoms with Crippen molar-refractivity contribution < 1.29 is 14.3 Å². The van der Waals surface area contributed by atoms with Gasteiger partial charge in [0, 0.05) is 25.5 Å². The van der Waals surface area contributed by atoms with Crippen LogP contribution < -0.4 is 10.6 Å². The van der Waals surface area contributed by atoms with E-state index in [1.165, 1.54) is 0 Å². The molecule has 0 saturated carbocycles. The molecule has 1 saturated heterocycles. The lowest BCUT2D eigenvalue weighted by Gasteiger charge is -2.18. The Labute approximate surface area is 170 Å². The van der Waals surface area contributed by atoms with Gasteiger partial charge in [-0.05, 0) is 23.6 Å². The average molecular weight is 394 g/mol. The van der Waals surface area contributed by atoms with Crippen LogP contribution in [0.25, 0.3) is 0 Å². The zero-order valence-electron chi connectivity index (χ0n) is 16.6. The minimum Gasteiger partial charge on any atom is -0.382 e. The number of amidine groups is 1. The van der Waals surface area contributed by atoms with Gasteiger partial charge in [0.2, 0.25) is 5.91 Å². The number of benzene rings is 1. The van der Waals surface area contributed by atoms with E-state index in [-0.39, 0.29) is 18.4 Å². The number of rotatable bonds is 7. The van der Waals surface area contributed by atoms with E-state index in [0.29, 0.717) is 25.8 Å². The molecular formula is C22H26N4O3. The van der Waals surface area contributed by atoms with Crippen molar-refractivity contribution in [1.82, 2.24) is 15.6 Å². The second-order valence-corrected chi connectivity index (χ2v) is 7.37. The van der Waals surface area contributed by atoms with Crippen LogP contribution in [0.15, 0.2) is 47.6 Å². The van der Waals surface area contributed by atoms with Gasteiger partial charge in [0.1, 0.15) is 5.84 Å². The van der Waals surface area contributed by atoms with Gasteiger partial charge in [-0.3, -0.25) is 14.8 Å². The van der Waals surface area contributed by atoms with E-state index in [2.05, 4.69) is 20.6 Å². The Hall–Kier alpha value is -2.77. The van der Waals surface area contributed by atoms with Crippen LogP contribution in [0, 0.1) is 0 Å².